The number of primary amides is 1. The van der Waals surface area contributed by atoms with Gasteiger partial charge in [-0.15, -0.1) is 11.3 Å². The number of hydrogen-bond acceptors (Lipinski definition) is 5. The van der Waals surface area contributed by atoms with E-state index in [0.717, 1.165) is 19.6 Å². The summed E-state index contributed by atoms with van der Waals surface area (Å²) in [6.07, 6.45) is 1.53. The van der Waals surface area contributed by atoms with Gasteiger partial charge in [0.05, 0.1) is 6.20 Å². The molecule has 1 aromatic rings. The minimum absolute atomic E-state index is 0.430. The first-order chi connectivity index (χ1) is 8.58. The highest BCUT2D eigenvalue weighted by atomic mass is 35.5. The minimum Gasteiger partial charge on any atom is -0.368 e. The van der Waals surface area contributed by atoms with Crippen LogP contribution in [0.1, 0.15) is 24.9 Å². The summed E-state index contributed by atoms with van der Waals surface area (Å²) in [4.78, 5) is 17.7. The second-order valence-electron chi connectivity index (χ2n) is 3.82. The molecule has 1 aromatic heterocycles. The summed E-state index contributed by atoms with van der Waals surface area (Å²) in [6, 6.07) is -0.557. The molecule has 1 atom stereocenters. The lowest BCUT2D eigenvalue weighted by atomic mass is 10.3. The van der Waals surface area contributed by atoms with Crippen molar-refractivity contribution in [2.75, 3.05) is 26.2 Å². The number of amides is 1. The van der Waals surface area contributed by atoms with Gasteiger partial charge in [-0.1, -0.05) is 25.4 Å². The molecule has 1 rings (SSSR count). The molecule has 0 aromatic carbocycles. The molecule has 0 fully saturated rings. The van der Waals surface area contributed by atoms with Crippen LogP contribution in [0.5, 0.6) is 0 Å². The molecule has 0 bridgehead atoms. The second-order valence-corrected chi connectivity index (χ2v) is 5.51. The lowest BCUT2D eigenvalue weighted by Crippen LogP contribution is -2.38. The molecule has 3 N–H and O–H groups in total. The van der Waals surface area contributed by atoms with Crippen LogP contribution in [0.4, 0.5) is 0 Å². The molecule has 1 heterocycles. The molecule has 0 saturated heterocycles. The van der Waals surface area contributed by atoms with Gasteiger partial charge in [-0.05, 0) is 13.1 Å². The quantitative estimate of drug-likeness (QED) is 0.756. The van der Waals surface area contributed by atoms with Gasteiger partial charge in [0.15, 0.2) is 0 Å². The van der Waals surface area contributed by atoms with E-state index in [-0.39, 0.29) is 0 Å². The van der Waals surface area contributed by atoms with Crippen LogP contribution in [-0.2, 0) is 4.79 Å². The molecule has 102 valence electrons. The molecule has 1 unspecified atom stereocenters. The standard InChI is InChI=1S/C11H19ClN4OS/c1-3-16(4-2)6-5-14-9(10(13)17)11-15-7-8(12)18-11/h7,9,14H,3-6H2,1-2H3,(H2,13,17). The Morgan fingerprint density at radius 3 is 2.72 bits per heavy atom. The molecular weight excluding hydrogens is 272 g/mol. The summed E-state index contributed by atoms with van der Waals surface area (Å²) < 4.78 is 0.557. The third-order valence-corrected chi connectivity index (χ3v) is 3.88. The Morgan fingerprint density at radius 1 is 1.61 bits per heavy atom. The van der Waals surface area contributed by atoms with Crippen molar-refractivity contribution in [2.45, 2.75) is 19.9 Å². The van der Waals surface area contributed by atoms with Crippen LogP contribution in [0.25, 0.3) is 0 Å². The highest BCUT2D eigenvalue weighted by Crippen LogP contribution is 2.23. The van der Waals surface area contributed by atoms with E-state index in [1.165, 1.54) is 17.5 Å². The molecule has 7 heteroatoms. The molecule has 0 spiro atoms. The van der Waals surface area contributed by atoms with Crippen LogP contribution in [0, 0.1) is 0 Å². The maximum atomic E-state index is 11.4. The summed E-state index contributed by atoms with van der Waals surface area (Å²) in [5.41, 5.74) is 5.37. The average molecular weight is 291 g/mol. The number of halogens is 1. The van der Waals surface area contributed by atoms with Gasteiger partial charge in [0.1, 0.15) is 15.4 Å². The second kappa shape index (κ2) is 7.68. The third-order valence-electron chi connectivity index (χ3n) is 2.70. The van der Waals surface area contributed by atoms with Gasteiger partial charge in [0.2, 0.25) is 5.91 Å². The Balaban J connectivity index is 2.52. The summed E-state index contributed by atoms with van der Waals surface area (Å²) in [6.45, 7) is 7.75. The molecule has 18 heavy (non-hydrogen) atoms. The monoisotopic (exact) mass is 290 g/mol. The van der Waals surface area contributed by atoms with E-state index < -0.39 is 11.9 Å². The number of nitrogens with zero attached hydrogens (tertiary/aromatic N) is 2. The highest BCUT2D eigenvalue weighted by molar-refractivity contribution is 7.16. The van der Waals surface area contributed by atoms with Crippen LogP contribution in [0.2, 0.25) is 4.34 Å². The van der Waals surface area contributed by atoms with Gasteiger partial charge in [0.25, 0.3) is 0 Å². The Kier molecular flexibility index (Phi) is 6.56. The summed E-state index contributed by atoms with van der Waals surface area (Å²) >= 11 is 7.08. The Morgan fingerprint density at radius 2 is 2.28 bits per heavy atom. The first-order valence-corrected chi connectivity index (χ1v) is 7.14. The number of hydrogen-bond donors (Lipinski definition) is 2. The lowest BCUT2D eigenvalue weighted by Gasteiger charge is -2.20. The summed E-state index contributed by atoms with van der Waals surface area (Å²) in [5, 5.41) is 3.74. The summed E-state index contributed by atoms with van der Waals surface area (Å²) in [5.74, 6) is -0.430. The first-order valence-electron chi connectivity index (χ1n) is 5.94. The number of nitrogens with two attached hydrogens (primary N) is 1. The zero-order valence-electron chi connectivity index (χ0n) is 10.6. The topological polar surface area (TPSA) is 71.2 Å². The number of thiazole rings is 1. The van der Waals surface area contributed by atoms with Crippen LogP contribution < -0.4 is 11.1 Å². The predicted octanol–water partition coefficient (Wildman–Crippen LogP) is 1.25. The van der Waals surface area contributed by atoms with Crippen LogP contribution in [0.15, 0.2) is 6.20 Å². The van der Waals surface area contributed by atoms with Crippen LogP contribution in [0.3, 0.4) is 0 Å². The van der Waals surface area contributed by atoms with E-state index in [1.807, 2.05) is 0 Å². The van der Waals surface area contributed by atoms with Crippen molar-refractivity contribution >= 4 is 28.8 Å². The van der Waals surface area contributed by atoms with Crippen molar-refractivity contribution in [1.82, 2.24) is 15.2 Å². The van der Waals surface area contributed by atoms with Crippen molar-refractivity contribution in [3.8, 4) is 0 Å². The van der Waals surface area contributed by atoms with Gasteiger partial charge in [-0.3, -0.25) is 10.1 Å². The highest BCUT2D eigenvalue weighted by Gasteiger charge is 2.20. The number of aromatic nitrogens is 1. The zero-order valence-corrected chi connectivity index (χ0v) is 12.2. The number of carbonyl (C=O) groups excluding carboxylic acids is 1. The van der Waals surface area contributed by atoms with Crippen molar-refractivity contribution in [3.05, 3.63) is 15.5 Å². The van der Waals surface area contributed by atoms with Crippen molar-refractivity contribution in [1.29, 1.82) is 0 Å². The maximum absolute atomic E-state index is 11.4. The maximum Gasteiger partial charge on any atom is 0.241 e. The number of rotatable bonds is 8. The van der Waals surface area contributed by atoms with E-state index in [1.54, 1.807) is 0 Å². The first kappa shape index (κ1) is 15.4. The fourth-order valence-corrected chi connectivity index (χ4v) is 2.63. The van der Waals surface area contributed by atoms with Gasteiger partial charge in [-0.25, -0.2) is 4.98 Å². The Hall–Kier alpha value is -0.690. The smallest absolute Gasteiger partial charge is 0.241 e. The molecule has 0 aliphatic heterocycles. The zero-order chi connectivity index (χ0) is 13.5. The molecule has 0 aliphatic rings. The fraction of sp³-hybridized carbons (Fsp3) is 0.636. The lowest BCUT2D eigenvalue weighted by molar-refractivity contribution is -0.120. The van der Waals surface area contributed by atoms with Crippen molar-refractivity contribution in [3.63, 3.8) is 0 Å². The molecule has 0 saturated carbocycles. The fourth-order valence-electron chi connectivity index (χ4n) is 1.62. The SMILES string of the molecule is CCN(CC)CCNC(C(N)=O)c1ncc(Cl)s1. The van der Waals surface area contributed by atoms with E-state index in [4.69, 9.17) is 17.3 Å². The average Bonchev–Trinajstić information content (AvgIpc) is 2.75. The summed E-state index contributed by atoms with van der Waals surface area (Å²) in [7, 11) is 0. The van der Waals surface area contributed by atoms with E-state index >= 15 is 0 Å². The molecule has 0 radical (unpaired) electrons. The van der Waals surface area contributed by atoms with E-state index in [2.05, 4.69) is 29.0 Å². The van der Waals surface area contributed by atoms with E-state index in [0.29, 0.717) is 15.9 Å². The third kappa shape index (κ3) is 4.53. The van der Waals surface area contributed by atoms with Gasteiger partial charge in [-0.2, -0.15) is 0 Å². The number of nitrogens with one attached hydrogen (secondary N) is 1. The van der Waals surface area contributed by atoms with Crippen molar-refractivity contribution < 1.29 is 4.79 Å². The largest absolute Gasteiger partial charge is 0.368 e. The predicted molar refractivity (Wildman–Crippen MR) is 74.9 cm³/mol. The minimum atomic E-state index is -0.557. The van der Waals surface area contributed by atoms with Gasteiger partial charge in [0, 0.05) is 13.1 Å². The van der Waals surface area contributed by atoms with Crippen LogP contribution >= 0.6 is 22.9 Å². The van der Waals surface area contributed by atoms with Crippen molar-refractivity contribution in [2.24, 2.45) is 5.73 Å². The van der Waals surface area contributed by atoms with Gasteiger partial charge >= 0.3 is 0 Å². The molecule has 5 nitrogen and oxygen atoms in total. The number of likely N-dealkylation sites (N-methyl/N-ethyl adjacent to an activating group) is 1. The molecule has 1 amide bonds. The van der Waals surface area contributed by atoms with E-state index in [9.17, 15) is 4.79 Å². The molecule has 0 aliphatic carbocycles. The Labute approximate surface area is 116 Å². The normalized spacial score (nSPS) is 12.9. The molecular formula is C11H19ClN4OS. The van der Waals surface area contributed by atoms with Gasteiger partial charge < -0.3 is 10.6 Å². The Bertz CT molecular complexity index is 381. The van der Waals surface area contributed by atoms with Crippen LogP contribution in [-0.4, -0.2) is 42.0 Å². The number of carbonyl (C=O) groups is 1.